The monoisotopic (exact) mass is 505 g/mol. The number of nitrogens with zero attached hydrogens (tertiary/aromatic N) is 2. The molecule has 0 aliphatic rings. The lowest BCUT2D eigenvalue weighted by Gasteiger charge is -2.23. The maximum atomic E-state index is 13.0. The summed E-state index contributed by atoms with van der Waals surface area (Å²) in [5.41, 5.74) is 3.37. The number of pyridine rings is 1. The highest BCUT2D eigenvalue weighted by Gasteiger charge is 2.18. The van der Waals surface area contributed by atoms with Gasteiger partial charge >= 0.3 is 0 Å². The van der Waals surface area contributed by atoms with Gasteiger partial charge in [-0.05, 0) is 55.3 Å². The van der Waals surface area contributed by atoms with Gasteiger partial charge in [-0.15, -0.1) is 11.3 Å². The fourth-order valence-corrected chi connectivity index (χ4v) is 5.28. The predicted octanol–water partition coefficient (Wildman–Crippen LogP) is 6.01. The van der Waals surface area contributed by atoms with Crippen molar-refractivity contribution in [3.05, 3.63) is 64.5 Å². The van der Waals surface area contributed by atoms with E-state index in [4.69, 9.17) is 14.5 Å². The van der Waals surface area contributed by atoms with Crippen molar-refractivity contribution < 1.29 is 14.3 Å². The zero-order valence-corrected chi connectivity index (χ0v) is 23.0. The maximum absolute atomic E-state index is 13.0. The lowest BCUT2D eigenvalue weighted by molar-refractivity contribution is 0.0935. The second-order valence-corrected chi connectivity index (χ2v) is 11.4. The van der Waals surface area contributed by atoms with Crippen LogP contribution in [0.25, 0.3) is 21.1 Å². The molecule has 4 aromatic rings. The largest absolute Gasteiger partial charge is 0.497 e. The fourth-order valence-electron chi connectivity index (χ4n) is 4.36. The molecule has 1 atom stereocenters. The Morgan fingerprint density at radius 1 is 1.06 bits per heavy atom. The average Bonchev–Trinajstić information content (AvgIpc) is 3.24. The molecule has 2 heterocycles. The Labute approximate surface area is 217 Å². The molecule has 1 amide bonds. The predicted molar refractivity (Wildman–Crippen MR) is 149 cm³/mol. The van der Waals surface area contributed by atoms with Crippen molar-refractivity contribution in [1.82, 2.24) is 15.2 Å². The van der Waals surface area contributed by atoms with E-state index >= 15 is 0 Å². The lowest BCUT2D eigenvalue weighted by atomic mass is 9.86. The molecule has 0 bridgehead atoms. The number of hydrogen-bond donors (Lipinski definition) is 1. The highest BCUT2D eigenvalue weighted by atomic mass is 32.1. The third-order valence-corrected chi connectivity index (χ3v) is 7.33. The first-order valence-corrected chi connectivity index (χ1v) is 12.9. The molecule has 6 nitrogen and oxygen atoms in total. The summed E-state index contributed by atoms with van der Waals surface area (Å²) in [6.07, 6.45) is 0. The number of carbonyl (C=O) groups is 1. The molecule has 190 valence electrons. The number of rotatable bonds is 8. The van der Waals surface area contributed by atoms with E-state index in [1.54, 1.807) is 14.2 Å². The molecule has 4 rings (SSSR count). The van der Waals surface area contributed by atoms with E-state index in [9.17, 15) is 4.79 Å². The molecule has 0 radical (unpaired) electrons. The Balaban J connectivity index is 1.43. The van der Waals surface area contributed by atoms with Gasteiger partial charge in [-0.3, -0.25) is 9.69 Å². The molecule has 0 spiro atoms. The van der Waals surface area contributed by atoms with Crippen LogP contribution in [0.3, 0.4) is 0 Å². The van der Waals surface area contributed by atoms with Crippen molar-refractivity contribution in [3.8, 4) is 11.5 Å². The van der Waals surface area contributed by atoms with Crippen LogP contribution >= 0.6 is 11.3 Å². The number of amides is 1. The summed E-state index contributed by atoms with van der Waals surface area (Å²) in [5.74, 6) is 1.48. The van der Waals surface area contributed by atoms with Gasteiger partial charge in [-0.1, -0.05) is 32.9 Å². The Bertz CT molecular complexity index is 1390. The number of nitrogens with one attached hydrogen (secondary N) is 1. The van der Waals surface area contributed by atoms with Gasteiger partial charge in [0.25, 0.3) is 5.91 Å². The second kappa shape index (κ2) is 10.4. The van der Waals surface area contributed by atoms with Gasteiger partial charge in [0.05, 0.1) is 24.6 Å². The quantitative estimate of drug-likeness (QED) is 0.318. The van der Waals surface area contributed by atoms with Crippen LogP contribution < -0.4 is 14.8 Å². The van der Waals surface area contributed by atoms with Crippen molar-refractivity contribution in [3.63, 3.8) is 0 Å². The first-order valence-electron chi connectivity index (χ1n) is 12.1. The van der Waals surface area contributed by atoms with Crippen LogP contribution in [0.4, 0.5) is 0 Å². The first-order chi connectivity index (χ1) is 17.1. The number of fused-ring (bicyclic) bond motifs is 2. The number of benzene rings is 2. The summed E-state index contributed by atoms with van der Waals surface area (Å²) in [7, 11) is 5.34. The average molecular weight is 506 g/mol. The van der Waals surface area contributed by atoms with Gasteiger partial charge in [0.2, 0.25) is 0 Å². The molecular formula is C29H35N3O3S. The van der Waals surface area contributed by atoms with Crippen LogP contribution in [0, 0.1) is 0 Å². The molecule has 2 aromatic heterocycles. The van der Waals surface area contributed by atoms with Gasteiger partial charge in [0.1, 0.15) is 16.3 Å². The third-order valence-electron chi connectivity index (χ3n) is 6.29. The molecule has 0 fully saturated rings. The van der Waals surface area contributed by atoms with Crippen LogP contribution in [0.2, 0.25) is 0 Å². The first kappa shape index (κ1) is 25.9. The third kappa shape index (κ3) is 5.79. The molecule has 7 heteroatoms. The van der Waals surface area contributed by atoms with Crippen molar-refractivity contribution in [2.24, 2.45) is 0 Å². The normalized spacial score (nSPS) is 12.8. The van der Waals surface area contributed by atoms with E-state index in [1.165, 1.54) is 16.9 Å². The molecule has 1 unspecified atom stereocenters. The standard InChI is InChI=1S/C29H35N3O3S/c1-18(16-32(5)17-19-8-10-23(34-6)15-25(19)35-7)30-27(33)26-14-21-12-20-13-22(29(2,3)4)9-11-24(20)31-28(21)36-26/h8-15,18H,16-17H2,1-7H3,(H,30,33). The smallest absolute Gasteiger partial charge is 0.261 e. The summed E-state index contributed by atoms with van der Waals surface area (Å²) in [6, 6.07) is 16.3. The van der Waals surface area contributed by atoms with Crippen LogP contribution in [0.5, 0.6) is 11.5 Å². The number of ether oxygens (including phenoxy) is 2. The van der Waals surface area contributed by atoms with Crippen LogP contribution in [0.1, 0.15) is 48.5 Å². The number of methoxy groups -OCH3 is 2. The molecule has 2 aromatic carbocycles. The maximum Gasteiger partial charge on any atom is 0.261 e. The van der Waals surface area contributed by atoms with Crippen LogP contribution in [0.15, 0.2) is 48.5 Å². The minimum Gasteiger partial charge on any atom is -0.497 e. The van der Waals surface area contributed by atoms with E-state index < -0.39 is 0 Å². The second-order valence-electron chi connectivity index (χ2n) is 10.4. The summed E-state index contributed by atoms with van der Waals surface area (Å²) < 4.78 is 10.8. The zero-order chi connectivity index (χ0) is 26.0. The Morgan fingerprint density at radius 3 is 2.53 bits per heavy atom. The summed E-state index contributed by atoms with van der Waals surface area (Å²) in [5, 5.41) is 5.24. The molecule has 0 saturated heterocycles. The van der Waals surface area contributed by atoms with E-state index in [0.29, 0.717) is 18.0 Å². The van der Waals surface area contributed by atoms with Gasteiger partial charge in [-0.2, -0.15) is 0 Å². The van der Waals surface area contributed by atoms with E-state index in [0.717, 1.165) is 38.2 Å². The van der Waals surface area contributed by atoms with E-state index in [-0.39, 0.29) is 17.4 Å². The Morgan fingerprint density at radius 2 is 1.83 bits per heavy atom. The summed E-state index contributed by atoms with van der Waals surface area (Å²) in [4.78, 5) is 21.6. The zero-order valence-electron chi connectivity index (χ0n) is 22.1. The number of likely N-dealkylation sites (N-methyl/N-ethyl adjacent to an activating group) is 1. The topological polar surface area (TPSA) is 63.7 Å². The van der Waals surface area contributed by atoms with Crippen molar-refractivity contribution in [2.45, 2.75) is 45.7 Å². The molecular weight excluding hydrogens is 470 g/mol. The molecule has 0 aliphatic heterocycles. The van der Waals surface area contributed by atoms with Crippen LogP contribution in [-0.4, -0.2) is 49.6 Å². The summed E-state index contributed by atoms with van der Waals surface area (Å²) >= 11 is 1.44. The highest BCUT2D eigenvalue weighted by Crippen LogP contribution is 2.31. The highest BCUT2D eigenvalue weighted by molar-refractivity contribution is 7.20. The van der Waals surface area contributed by atoms with Gasteiger partial charge < -0.3 is 14.8 Å². The summed E-state index contributed by atoms with van der Waals surface area (Å²) in [6.45, 7) is 10.0. The van der Waals surface area contributed by atoms with Crippen molar-refractivity contribution >= 4 is 38.4 Å². The Kier molecular flexibility index (Phi) is 7.52. The Hall–Kier alpha value is -3.16. The van der Waals surface area contributed by atoms with Gasteiger partial charge in [0.15, 0.2) is 0 Å². The van der Waals surface area contributed by atoms with Crippen molar-refractivity contribution in [2.75, 3.05) is 27.8 Å². The SMILES string of the molecule is COc1ccc(CN(C)CC(C)NC(=O)c2cc3cc4cc(C(C)(C)C)ccc4nc3s2)c(OC)c1. The molecule has 0 saturated carbocycles. The number of thiophene rings is 1. The minimum atomic E-state index is -0.0691. The van der Waals surface area contributed by atoms with Crippen molar-refractivity contribution in [1.29, 1.82) is 0 Å². The lowest BCUT2D eigenvalue weighted by Crippen LogP contribution is -2.40. The van der Waals surface area contributed by atoms with Gasteiger partial charge in [0, 0.05) is 41.5 Å². The van der Waals surface area contributed by atoms with E-state index in [1.807, 2.05) is 38.2 Å². The number of carbonyl (C=O) groups excluding carboxylic acids is 1. The molecule has 1 N–H and O–H groups in total. The number of aromatic nitrogens is 1. The van der Waals surface area contributed by atoms with Gasteiger partial charge in [-0.25, -0.2) is 4.98 Å². The molecule has 36 heavy (non-hydrogen) atoms. The fraction of sp³-hybridized carbons (Fsp3) is 0.379. The van der Waals surface area contributed by atoms with Crippen LogP contribution in [-0.2, 0) is 12.0 Å². The molecule has 0 aliphatic carbocycles. The van der Waals surface area contributed by atoms with E-state index in [2.05, 4.69) is 55.3 Å². The minimum absolute atomic E-state index is 0.0293. The number of hydrogen-bond acceptors (Lipinski definition) is 6.